The topological polar surface area (TPSA) is 782 Å². The summed E-state index contributed by atoms with van der Waals surface area (Å²) in [5, 5.41) is 67.8. The maximum absolute atomic E-state index is 14.6. The van der Waals surface area contributed by atoms with Crippen molar-refractivity contribution in [1.82, 2.24) is 106 Å². The fourth-order valence-electron chi connectivity index (χ4n) is 16.1. The molecule has 2 unspecified atom stereocenters. The molecule has 25 N–H and O–H groups in total. The predicted octanol–water partition coefficient (Wildman–Crippen LogP) is -0.807. The molecule has 9 rings (SSSR count). The standard InChI is InChI=1S/C91H127N23O31S4/c1-8-111-27-29-112(31-32-114(51-78(121)122)34-33-113(30-28-111)50-77(119)120)49-76(118)104-66(87(129)106-70(53-147(137,138)139)86(128)95-22-20-93-74(116)12-10-36-145-61-39-56(4)82(57(5)40-61)149(142,143)108-68(89(132)133)46-101-84(126)65-48-110(7)72-42-59(14-16-63(72)80(65)124)44-103-91-98-25-26-99-91)17-18-75(117)105-69(52-146(134,135)136)85(127)94-21-19-92-73(115)11-9-35-144-60-37-54(2)81(55(3)38-60)148(140,141)107-67(88(130)131)45-100-83(125)64-47-109(6)71-41-58(13-15-62(71)79(64)123)43-102-90-96-23-24-97-90/h13-16,23-26,37-42,47-48,66-70,107-108,134-139H,8-12,17-22,27-36,43-46,49-53H2,1-7H3,(H,92,115)(H,93,116)(H,94,127)(H,95,128)(H,100,125)(H,101,126)(H,104,118)(H,105,117)(H,106,129)(H,119,120)(H,121,122)(H,130,131)(H,132,133)(H2,96,97,102)(H2,98,99,103)/t66-,67-,68-,69?,70?/m0/s1. The normalized spacial score (nSPS) is 14.6. The predicted molar refractivity (Wildman–Crippen MR) is 544 cm³/mol. The Balaban J connectivity index is 0.758. The van der Waals surface area contributed by atoms with E-state index in [4.69, 9.17) is 9.47 Å². The number of carbonyl (C=O) groups is 13. The van der Waals surface area contributed by atoms with Gasteiger partial charge in [-0.2, -0.15) is 9.44 Å². The molecular formula is C91H127N23O31S4. The first kappa shape index (κ1) is 119. The lowest BCUT2D eigenvalue weighted by Gasteiger charge is -2.33. The molecule has 1 saturated heterocycles. The Bertz CT molecular complexity index is 6440. The number of imidazole rings is 2. The zero-order chi connectivity index (χ0) is 109. The van der Waals surface area contributed by atoms with Gasteiger partial charge in [-0.25, -0.2) is 26.8 Å². The van der Waals surface area contributed by atoms with Crippen molar-refractivity contribution in [1.29, 1.82) is 0 Å². The number of amides is 9. The third-order valence-electron chi connectivity index (χ3n) is 23.4. The molecule has 0 bridgehead atoms. The average molecular weight is 2170 g/mol. The maximum Gasteiger partial charge on any atom is 0.323 e. The summed E-state index contributed by atoms with van der Waals surface area (Å²) >= 11 is 0. The zero-order valence-corrected chi connectivity index (χ0v) is 85.9. The molecule has 1 aliphatic rings. The second-order valence-electron chi connectivity index (χ2n) is 35.1. The molecule has 9 amide bonds. The van der Waals surface area contributed by atoms with Crippen molar-refractivity contribution in [2.75, 3.05) is 153 Å². The number of nitrogens with zero attached hydrogens (tertiary/aromatic N) is 8. The van der Waals surface area contributed by atoms with Crippen molar-refractivity contribution in [2.45, 2.75) is 126 Å². The smallest absolute Gasteiger partial charge is 0.323 e. The number of likely N-dealkylation sites (N-methyl/N-ethyl adjacent to an activating group) is 1. The van der Waals surface area contributed by atoms with Crippen LogP contribution in [0.4, 0.5) is 11.9 Å². The van der Waals surface area contributed by atoms with Crippen LogP contribution in [0.3, 0.4) is 0 Å². The van der Waals surface area contributed by atoms with Gasteiger partial charge in [0.2, 0.25) is 72.3 Å². The Morgan fingerprint density at radius 3 is 1.17 bits per heavy atom. The average Bonchev–Trinajstić information content (AvgIpc) is 1.42. The number of ether oxygens (including phenoxy) is 2. The third kappa shape index (κ3) is 37.7. The summed E-state index contributed by atoms with van der Waals surface area (Å²) in [6.45, 7) is 5.59. The quantitative estimate of drug-likeness (QED) is 0.0207. The Morgan fingerprint density at radius 2 is 0.805 bits per heavy atom. The van der Waals surface area contributed by atoms with Gasteiger partial charge in [0.15, 0.2) is 11.9 Å². The molecule has 1 fully saturated rings. The minimum Gasteiger partial charge on any atom is -0.494 e. The van der Waals surface area contributed by atoms with Gasteiger partial charge in [0.05, 0.1) is 86.9 Å². The molecule has 0 spiro atoms. The molecule has 816 valence electrons. The summed E-state index contributed by atoms with van der Waals surface area (Å²) in [7, 11) is -15.4. The number of pyridine rings is 2. The molecule has 149 heavy (non-hydrogen) atoms. The molecule has 58 heteroatoms. The largest absolute Gasteiger partial charge is 0.494 e. The van der Waals surface area contributed by atoms with Crippen molar-refractivity contribution in [2.24, 2.45) is 14.1 Å². The maximum atomic E-state index is 14.6. The van der Waals surface area contributed by atoms with Crippen molar-refractivity contribution >= 4 is 153 Å². The third-order valence-corrected chi connectivity index (χ3v) is 28.5. The molecule has 5 heterocycles. The van der Waals surface area contributed by atoms with E-state index in [-0.39, 0.29) is 176 Å². The van der Waals surface area contributed by atoms with Crippen LogP contribution < -0.4 is 88.3 Å². The van der Waals surface area contributed by atoms with Crippen molar-refractivity contribution in [3.05, 3.63) is 163 Å². The lowest BCUT2D eigenvalue weighted by atomic mass is 10.1. The van der Waals surface area contributed by atoms with Gasteiger partial charge in [0.25, 0.3) is 11.8 Å². The van der Waals surface area contributed by atoms with Crippen LogP contribution in [0.15, 0.2) is 117 Å². The summed E-state index contributed by atoms with van der Waals surface area (Å²) in [5.74, 6) is -15.5. The number of hydrogen-bond donors (Lipinski definition) is 25. The number of carboxylic acids is 4. The minimum atomic E-state index is -4.68. The summed E-state index contributed by atoms with van der Waals surface area (Å²) in [5.41, 5.74) is 1.03. The van der Waals surface area contributed by atoms with Gasteiger partial charge < -0.3 is 140 Å². The van der Waals surface area contributed by atoms with Crippen LogP contribution in [0.5, 0.6) is 11.5 Å². The first-order chi connectivity index (χ1) is 70.3. The fraction of sp³-hybridized carbons (Fsp3) is 0.462. The zero-order valence-electron chi connectivity index (χ0n) is 82.6. The number of carbonyl (C=O) groups excluding carboxylic acids is 9. The number of rotatable bonds is 56. The van der Waals surface area contributed by atoms with Crippen molar-refractivity contribution in [3.63, 3.8) is 0 Å². The summed E-state index contributed by atoms with van der Waals surface area (Å²) in [4.78, 5) is 220. The minimum absolute atomic E-state index is 0.0173. The van der Waals surface area contributed by atoms with Crippen LogP contribution in [0, 0.1) is 27.7 Å². The summed E-state index contributed by atoms with van der Waals surface area (Å²) in [6.07, 6.45) is 7.18. The van der Waals surface area contributed by atoms with Crippen LogP contribution in [0.1, 0.15) is 99.5 Å². The SMILES string of the molecule is CCN1CCN(CC(=O)O)CCN(CC(=O)O)CCN(CC(=O)N[C@@H](CCC(=O)NC(CS(O)(O)O)C(=O)NCCNC(=O)CCCOc2cc(C)c(S(=O)(=O)N[C@@H](CNC(=O)c3cn(C)c4cc(CNc5ncc[nH]5)ccc4c3=O)C(=O)O)c(C)c2)C(=O)NC(CS(O)(O)O)C(=O)NCCNC(=O)CCCOc2cc(C)c(S(=O)(=O)N[C@@H](CNC(=O)c3cn(C)c4cc(CNc5ncc[nH]5)ccc4c3=O)C(=O)O)c(C)c2)CC1. The van der Waals surface area contributed by atoms with Crippen LogP contribution in [-0.4, -0.2) is 363 Å². The molecule has 5 atom stereocenters. The van der Waals surface area contributed by atoms with Crippen LogP contribution in [-0.2, 0) is 100.0 Å². The molecule has 8 aromatic rings. The monoisotopic (exact) mass is 2170 g/mol. The van der Waals surface area contributed by atoms with Gasteiger partial charge in [-0.15, -0.1) is 0 Å². The Labute approximate surface area is 858 Å². The van der Waals surface area contributed by atoms with Gasteiger partial charge in [0, 0.05) is 186 Å². The summed E-state index contributed by atoms with van der Waals surface area (Å²) in [6, 6.07) is 5.63. The van der Waals surface area contributed by atoms with E-state index in [9.17, 15) is 136 Å². The number of aromatic amines is 2. The lowest BCUT2D eigenvalue weighted by Crippen LogP contribution is -2.57. The molecule has 4 aromatic carbocycles. The van der Waals surface area contributed by atoms with Gasteiger partial charge in [0.1, 0.15) is 52.8 Å². The van der Waals surface area contributed by atoms with Gasteiger partial charge >= 0.3 is 23.9 Å². The number of H-pyrrole nitrogens is 2. The number of nitrogens with one attached hydrogen (secondary N) is 15. The number of aliphatic carboxylic acids is 4. The lowest BCUT2D eigenvalue weighted by molar-refractivity contribution is -0.140. The molecular weight excluding hydrogens is 2040 g/mol. The van der Waals surface area contributed by atoms with E-state index in [1.165, 1.54) is 69.3 Å². The highest BCUT2D eigenvalue weighted by Crippen LogP contribution is 2.35. The van der Waals surface area contributed by atoms with Crippen LogP contribution >= 0.6 is 21.7 Å². The first-order valence-corrected chi connectivity index (χ1v) is 53.2. The van der Waals surface area contributed by atoms with Crippen molar-refractivity contribution in [3.8, 4) is 11.5 Å². The second kappa shape index (κ2) is 55.4. The fourth-order valence-corrected chi connectivity index (χ4v) is 20.7. The summed E-state index contributed by atoms with van der Waals surface area (Å²) < 4.78 is 136. The van der Waals surface area contributed by atoms with Gasteiger partial charge in [-0.05, 0) is 135 Å². The highest BCUT2D eigenvalue weighted by Gasteiger charge is 2.37. The van der Waals surface area contributed by atoms with E-state index < -0.39 is 217 Å². The van der Waals surface area contributed by atoms with E-state index in [1.807, 2.05) is 11.8 Å². The van der Waals surface area contributed by atoms with E-state index in [2.05, 4.69) is 87.9 Å². The number of anilines is 2. The Hall–Kier alpha value is -13.9. The second-order valence-corrected chi connectivity index (χ2v) is 41.6. The molecule has 4 aromatic heterocycles. The number of benzene rings is 4. The van der Waals surface area contributed by atoms with Gasteiger partial charge in [-0.3, -0.25) is 86.6 Å². The van der Waals surface area contributed by atoms with E-state index in [0.717, 1.165) is 11.1 Å². The molecule has 1 aliphatic heterocycles. The highest BCUT2D eigenvalue weighted by atomic mass is 32.3. The Kier molecular flexibility index (Phi) is 44.2. The van der Waals surface area contributed by atoms with Crippen LogP contribution in [0.2, 0.25) is 0 Å². The first-order valence-electron chi connectivity index (χ1n) is 46.9. The molecule has 0 aliphatic carbocycles. The van der Waals surface area contributed by atoms with Crippen LogP contribution in [0.25, 0.3) is 21.8 Å². The Morgan fingerprint density at radius 1 is 0.436 bits per heavy atom. The number of aryl methyl sites for hydroxylation is 6. The van der Waals surface area contributed by atoms with E-state index in [1.54, 1.807) is 94.2 Å². The van der Waals surface area contributed by atoms with Crippen molar-refractivity contribution < 1.29 is 136 Å². The van der Waals surface area contributed by atoms with Gasteiger partial charge in [-0.1, -0.05) is 19.1 Å². The number of fused-ring (bicyclic) bond motifs is 2. The number of hydrogen-bond acceptors (Lipinski definition) is 35. The molecule has 0 radical (unpaired) electrons. The van der Waals surface area contributed by atoms with E-state index in [0.29, 0.717) is 49.1 Å². The number of aromatic nitrogens is 6. The molecule has 54 nitrogen and oxygen atoms in total. The number of sulfonamides is 2. The number of carboxylic acid groups (broad SMARTS) is 4. The molecule has 0 saturated carbocycles. The van der Waals surface area contributed by atoms with E-state index >= 15 is 0 Å². The highest BCUT2D eigenvalue weighted by molar-refractivity contribution is 8.19.